The third-order valence-corrected chi connectivity index (χ3v) is 3.03. The number of carbonyl (C=O) groups excluding carboxylic acids is 1. The van der Waals surface area contributed by atoms with Crippen LogP contribution in [-0.4, -0.2) is 17.7 Å². The van der Waals surface area contributed by atoms with Gasteiger partial charge in [-0.25, -0.2) is 4.79 Å². The molecule has 0 radical (unpaired) electrons. The highest BCUT2D eigenvalue weighted by Gasteiger charge is 2.00. The number of guanidine groups is 1. The Morgan fingerprint density at radius 1 is 1.35 bits per heavy atom. The molecule has 1 aromatic rings. The summed E-state index contributed by atoms with van der Waals surface area (Å²) in [5.41, 5.74) is 10.8. The van der Waals surface area contributed by atoms with E-state index >= 15 is 0 Å². The Balaban J connectivity index is 2.56. The third-order valence-electron chi connectivity index (χ3n) is 1.81. The molecule has 0 aliphatic rings. The lowest BCUT2D eigenvalue weighted by Gasteiger charge is -2.03. The second-order valence-corrected chi connectivity index (χ2v) is 4.51. The Hall–Kier alpha value is -1.69. The zero-order valence-corrected chi connectivity index (χ0v) is 10.5. The molecule has 5 N–H and O–H groups in total. The lowest BCUT2D eigenvalue weighted by molar-refractivity contribution is 0.259. The summed E-state index contributed by atoms with van der Waals surface area (Å²) in [6.07, 6.45) is 1.13. The Morgan fingerprint density at radius 3 is 2.53 bits per heavy atom. The molecule has 0 aliphatic carbocycles. The van der Waals surface area contributed by atoms with Crippen molar-refractivity contribution in [1.82, 2.24) is 0 Å². The van der Waals surface area contributed by atoms with Crippen LogP contribution in [0.3, 0.4) is 0 Å². The summed E-state index contributed by atoms with van der Waals surface area (Å²) in [6.45, 7) is 2.14. The lowest BCUT2D eigenvalue weighted by atomic mass is 10.3. The molecule has 1 rings (SSSR count). The average Bonchev–Trinajstić information content (AvgIpc) is 2.27. The summed E-state index contributed by atoms with van der Waals surface area (Å²) in [5, 5.41) is 2.56. The van der Waals surface area contributed by atoms with Gasteiger partial charge in [0.1, 0.15) is 0 Å². The molecule has 92 valence electrons. The highest BCUT2D eigenvalue weighted by Crippen LogP contribution is 2.20. The van der Waals surface area contributed by atoms with Crippen molar-refractivity contribution in [3.8, 4) is 0 Å². The van der Waals surface area contributed by atoms with Crippen molar-refractivity contribution in [1.29, 1.82) is 0 Å². The average molecular weight is 252 g/mol. The van der Waals surface area contributed by atoms with Crippen LogP contribution in [0, 0.1) is 0 Å². The number of benzene rings is 1. The monoisotopic (exact) mass is 252 g/mol. The lowest BCUT2D eigenvalue weighted by Crippen LogP contribution is -2.25. The SMILES string of the molecule is CCCSc1ccc(NC(=O)N=C(N)N)cc1. The van der Waals surface area contributed by atoms with Gasteiger partial charge < -0.3 is 16.8 Å². The number of nitrogens with zero attached hydrogens (tertiary/aromatic N) is 1. The minimum atomic E-state index is -0.570. The van der Waals surface area contributed by atoms with E-state index in [-0.39, 0.29) is 5.96 Å². The van der Waals surface area contributed by atoms with E-state index in [2.05, 4.69) is 17.2 Å². The van der Waals surface area contributed by atoms with Crippen LogP contribution < -0.4 is 16.8 Å². The standard InChI is InChI=1S/C11H16N4OS/c1-2-7-17-9-5-3-8(4-6-9)14-11(16)15-10(12)13/h3-6H,2,7H2,1H3,(H5,12,13,14,15,16). The van der Waals surface area contributed by atoms with Gasteiger partial charge in [-0.05, 0) is 36.4 Å². The molecule has 0 bridgehead atoms. The quantitative estimate of drug-likeness (QED) is 0.434. The second kappa shape index (κ2) is 6.80. The summed E-state index contributed by atoms with van der Waals surface area (Å²) in [5.74, 6) is 0.831. The largest absolute Gasteiger partial charge is 0.370 e. The molecular weight excluding hydrogens is 236 g/mol. The fraction of sp³-hybridized carbons (Fsp3) is 0.273. The number of anilines is 1. The van der Waals surface area contributed by atoms with Crippen molar-refractivity contribution in [3.05, 3.63) is 24.3 Å². The zero-order valence-electron chi connectivity index (χ0n) is 9.64. The van der Waals surface area contributed by atoms with Gasteiger partial charge >= 0.3 is 6.03 Å². The summed E-state index contributed by atoms with van der Waals surface area (Å²) >= 11 is 1.78. The van der Waals surface area contributed by atoms with Crippen LogP contribution in [0.2, 0.25) is 0 Å². The van der Waals surface area contributed by atoms with Crippen molar-refractivity contribution in [3.63, 3.8) is 0 Å². The first-order valence-corrected chi connectivity index (χ1v) is 6.24. The van der Waals surface area contributed by atoms with Crippen molar-refractivity contribution in [2.45, 2.75) is 18.2 Å². The molecule has 0 aromatic heterocycles. The normalized spacial score (nSPS) is 9.71. The van der Waals surface area contributed by atoms with Crippen LogP contribution in [0.4, 0.5) is 10.5 Å². The van der Waals surface area contributed by atoms with Crippen molar-refractivity contribution in [2.75, 3.05) is 11.1 Å². The summed E-state index contributed by atoms with van der Waals surface area (Å²) in [7, 11) is 0. The first-order valence-electron chi connectivity index (χ1n) is 5.25. The smallest absolute Gasteiger partial charge is 0.348 e. The molecule has 0 aliphatic heterocycles. The Labute approximate surface area is 105 Å². The molecule has 17 heavy (non-hydrogen) atoms. The Bertz CT molecular complexity index is 398. The van der Waals surface area contributed by atoms with Crippen LogP contribution in [0.5, 0.6) is 0 Å². The number of hydrogen-bond acceptors (Lipinski definition) is 2. The minimum Gasteiger partial charge on any atom is -0.370 e. The van der Waals surface area contributed by atoms with Gasteiger partial charge in [-0.2, -0.15) is 4.99 Å². The van der Waals surface area contributed by atoms with Crippen LogP contribution in [0.25, 0.3) is 0 Å². The van der Waals surface area contributed by atoms with Gasteiger partial charge in [0.2, 0.25) is 0 Å². The fourth-order valence-corrected chi connectivity index (χ4v) is 1.89. The third kappa shape index (κ3) is 5.26. The number of thioether (sulfide) groups is 1. The topological polar surface area (TPSA) is 93.5 Å². The number of nitrogens with one attached hydrogen (secondary N) is 1. The number of nitrogens with two attached hydrogens (primary N) is 2. The molecule has 0 heterocycles. The van der Waals surface area contributed by atoms with E-state index in [1.54, 1.807) is 11.8 Å². The fourth-order valence-electron chi connectivity index (χ4n) is 1.12. The first-order chi connectivity index (χ1) is 8.11. The molecular formula is C11H16N4OS. The van der Waals surface area contributed by atoms with Crippen LogP contribution in [-0.2, 0) is 0 Å². The van der Waals surface area contributed by atoms with Crippen LogP contribution in [0.1, 0.15) is 13.3 Å². The highest BCUT2D eigenvalue weighted by atomic mass is 32.2. The number of urea groups is 1. The molecule has 6 heteroatoms. The van der Waals surface area contributed by atoms with E-state index in [1.807, 2.05) is 24.3 Å². The summed E-state index contributed by atoms with van der Waals surface area (Å²) < 4.78 is 0. The van der Waals surface area contributed by atoms with E-state index in [9.17, 15) is 4.79 Å². The second-order valence-electron chi connectivity index (χ2n) is 3.34. The number of carbonyl (C=O) groups is 1. The minimum absolute atomic E-state index is 0.252. The van der Waals surface area contributed by atoms with E-state index < -0.39 is 6.03 Å². The van der Waals surface area contributed by atoms with Gasteiger partial charge in [-0.1, -0.05) is 6.92 Å². The van der Waals surface area contributed by atoms with Gasteiger partial charge in [0.05, 0.1) is 0 Å². The molecule has 0 fully saturated rings. The summed E-state index contributed by atoms with van der Waals surface area (Å²) in [4.78, 5) is 15.8. The number of hydrogen-bond donors (Lipinski definition) is 3. The van der Waals surface area contributed by atoms with Gasteiger partial charge in [0.25, 0.3) is 0 Å². The molecule has 0 unspecified atom stereocenters. The Kier molecular flexibility index (Phi) is 5.35. The molecule has 2 amide bonds. The number of aliphatic imine (C=N–C) groups is 1. The predicted molar refractivity (Wildman–Crippen MR) is 72.3 cm³/mol. The molecule has 1 aromatic carbocycles. The van der Waals surface area contributed by atoms with Gasteiger partial charge in [-0.3, -0.25) is 0 Å². The van der Waals surface area contributed by atoms with Crippen LogP contribution in [0.15, 0.2) is 34.2 Å². The number of amides is 2. The maximum Gasteiger partial charge on any atom is 0.348 e. The zero-order chi connectivity index (χ0) is 12.7. The van der Waals surface area contributed by atoms with Gasteiger partial charge in [0.15, 0.2) is 5.96 Å². The van der Waals surface area contributed by atoms with E-state index in [1.165, 1.54) is 4.90 Å². The number of rotatable bonds is 4. The summed E-state index contributed by atoms with van der Waals surface area (Å²) in [6, 6.07) is 6.96. The molecule has 0 saturated heterocycles. The highest BCUT2D eigenvalue weighted by molar-refractivity contribution is 7.99. The van der Waals surface area contributed by atoms with Gasteiger partial charge in [0, 0.05) is 10.6 Å². The maximum atomic E-state index is 11.2. The van der Waals surface area contributed by atoms with Crippen LogP contribution >= 0.6 is 11.8 Å². The van der Waals surface area contributed by atoms with E-state index in [0.717, 1.165) is 12.2 Å². The van der Waals surface area contributed by atoms with Gasteiger partial charge in [-0.15, -0.1) is 11.8 Å². The van der Waals surface area contributed by atoms with E-state index in [0.29, 0.717) is 5.69 Å². The molecule has 0 atom stereocenters. The molecule has 0 saturated carbocycles. The maximum absolute atomic E-state index is 11.2. The predicted octanol–water partition coefficient (Wildman–Crippen LogP) is 1.99. The van der Waals surface area contributed by atoms with Crippen molar-refractivity contribution in [2.24, 2.45) is 16.5 Å². The Morgan fingerprint density at radius 2 is 2.00 bits per heavy atom. The van der Waals surface area contributed by atoms with Crippen molar-refractivity contribution >= 4 is 29.4 Å². The van der Waals surface area contributed by atoms with E-state index in [4.69, 9.17) is 11.5 Å². The molecule has 5 nitrogen and oxygen atoms in total. The molecule has 0 spiro atoms. The van der Waals surface area contributed by atoms with Crippen molar-refractivity contribution < 1.29 is 4.79 Å². The first kappa shape index (κ1) is 13.4.